The molecule has 0 aromatic carbocycles. The maximum atomic E-state index is 12.8. The fourth-order valence-electron chi connectivity index (χ4n) is 2.84. The molecule has 1 saturated heterocycles. The predicted molar refractivity (Wildman–Crippen MR) is 76.9 cm³/mol. The second-order valence-corrected chi connectivity index (χ2v) is 6.88. The molecule has 1 aliphatic heterocycles. The average molecular weight is 294 g/mol. The van der Waals surface area contributed by atoms with Crippen molar-refractivity contribution in [2.75, 3.05) is 20.1 Å². The lowest BCUT2D eigenvalue weighted by Gasteiger charge is -2.23. The molecule has 0 spiro atoms. The molecular formula is C13H18N4O2S. The summed E-state index contributed by atoms with van der Waals surface area (Å²) in [6.45, 7) is 1.27. The van der Waals surface area contributed by atoms with Crippen LogP contribution in [0.4, 0.5) is 0 Å². The number of H-pyrrole nitrogens is 1. The summed E-state index contributed by atoms with van der Waals surface area (Å²) >= 11 is 0. The minimum atomic E-state index is -3.47. The van der Waals surface area contributed by atoms with Gasteiger partial charge >= 0.3 is 0 Å². The molecule has 7 heteroatoms. The molecular weight excluding hydrogens is 276 g/mol. The Kier molecular flexibility index (Phi) is 3.49. The van der Waals surface area contributed by atoms with Crippen LogP contribution in [0.25, 0.3) is 11.0 Å². The monoisotopic (exact) mass is 294 g/mol. The van der Waals surface area contributed by atoms with E-state index in [0.29, 0.717) is 29.0 Å². The lowest BCUT2D eigenvalue weighted by Crippen LogP contribution is -2.40. The van der Waals surface area contributed by atoms with E-state index in [1.54, 1.807) is 28.8 Å². The fourth-order valence-corrected chi connectivity index (χ4v) is 4.68. The van der Waals surface area contributed by atoms with E-state index in [4.69, 9.17) is 0 Å². The Hall–Kier alpha value is -1.44. The summed E-state index contributed by atoms with van der Waals surface area (Å²) in [5.41, 5.74) is 0.607. The molecule has 1 unspecified atom stereocenters. The lowest BCUT2D eigenvalue weighted by molar-refractivity contribution is 0.379. The van der Waals surface area contributed by atoms with E-state index >= 15 is 0 Å². The number of nitrogens with zero attached hydrogens (tertiary/aromatic N) is 2. The molecule has 2 aromatic rings. The zero-order chi connectivity index (χ0) is 14.2. The van der Waals surface area contributed by atoms with Gasteiger partial charge in [-0.1, -0.05) is 0 Å². The van der Waals surface area contributed by atoms with Gasteiger partial charge in [0, 0.05) is 36.9 Å². The summed E-state index contributed by atoms with van der Waals surface area (Å²) in [5, 5.41) is 3.72. The number of rotatable bonds is 4. The topological polar surface area (TPSA) is 78.1 Å². The number of aromatic amines is 1. The lowest BCUT2D eigenvalue weighted by atomic mass is 10.2. The van der Waals surface area contributed by atoms with Crippen molar-refractivity contribution in [1.29, 1.82) is 0 Å². The Morgan fingerprint density at radius 1 is 1.55 bits per heavy atom. The summed E-state index contributed by atoms with van der Waals surface area (Å²) in [6, 6.07) is 3.57. The first kappa shape index (κ1) is 13.5. The molecule has 6 nitrogen and oxygen atoms in total. The summed E-state index contributed by atoms with van der Waals surface area (Å²) < 4.78 is 27.3. The van der Waals surface area contributed by atoms with E-state index in [-0.39, 0.29) is 6.04 Å². The van der Waals surface area contributed by atoms with Gasteiger partial charge in [-0.25, -0.2) is 13.4 Å². The van der Waals surface area contributed by atoms with Crippen LogP contribution in [-0.2, 0) is 10.0 Å². The van der Waals surface area contributed by atoms with E-state index in [2.05, 4.69) is 15.3 Å². The second kappa shape index (κ2) is 5.16. The van der Waals surface area contributed by atoms with E-state index in [1.165, 1.54) is 0 Å². The van der Waals surface area contributed by atoms with Crippen molar-refractivity contribution in [3.63, 3.8) is 0 Å². The second-order valence-electron chi connectivity index (χ2n) is 5.02. The summed E-state index contributed by atoms with van der Waals surface area (Å²) in [7, 11) is -1.63. The minimum absolute atomic E-state index is 0.0339. The van der Waals surface area contributed by atoms with Gasteiger partial charge in [0.1, 0.15) is 10.5 Å². The Morgan fingerprint density at radius 3 is 3.20 bits per heavy atom. The summed E-state index contributed by atoms with van der Waals surface area (Å²) in [6.07, 6.45) is 5.00. The van der Waals surface area contributed by atoms with Crippen LogP contribution in [0.5, 0.6) is 0 Å². The Balaban J connectivity index is 2.03. The van der Waals surface area contributed by atoms with Crippen LogP contribution in [0.3, 0.4) is 0 Å². The predicted octanol–water partition coefficient (Wildman–Crippen LogP) is 0.935. The van der Waals surface area contributed by atoms with Crippen LogP contribution in [0.2, 0.25) is 0 Å². The number of hydrogen-bond acceptors (Lipinski definition) is 4. The molecule has 0 aliphatic carbocycles. The Morgan fingerprint density at radius 2 is 2.40 bits per heavy atom. The molecule has 0 radical (unpaired) electrons. The fraction of sp³-hybridized carbons (Fsp3) is 0.462. The molecule has 0 bridgehead atoms. The van der Waals surface area contributed by atoms with Gasteiger partial charge in [-0.3, -0.25) is 0 Å². The maximum Gasteiger partial charge on any atom is 0.245 e. The molecule has 108 valence electrons. The van der Waals surface area contributed by atoms with Crippen LogP contribution >= 0.6 is 0 Å². The highest BCUT2D eigenvalue weighted by molar-refractivity contribution is 7.89. The van der Waals surface area contributed by atoms with Gasteiger partial charge < -0.3 is 10.3 Å². The largest absolute Gasteiger partial charge is 0.345 e. The maximum absolute atomic E-state index is 12.8. The van der Waals surface area contributed by atoms with Crippen molar-refractivity contribution in [3.05, 3.63) is 24.5 Å². The molecule has 0 amide bonds. The molecule has 3 heterocycles. The number of sulfonamides is 1. The van der Waals surface area contributed by atoms with Crippen LogP contribution in [0.15, 0.2) is 29.4 Å². The van der Waals surface area contributed by atoms with Gasteiger partial charge in [0.25, 0.3) is 0 Å². The first-order valence-electron chi connectivity index (χ1n) is 6.73. The van der Waals surface area contributed by atoms with Gasteiger partial charge in [0.15, 0.2) is 0 Å². The first-order chi connectivity index (χ1) is 9.64. The molecule has 3 rings (SSSR count). The summed E-state index contributed by atoms with van der Waals surface area (Å²) in [4.78, 5) is 7.40. The number of hydrogen-bond donors (Lipinski definition) is 2. The summed E-state index contributed by atoms with van der Waals surface area (Å²) in [5.74, 6) is 0. The molecule has 2 N–H and O–H groups in total. The van der Waals surface area contributed by atoms with Crippen molar-refractivity contribution in [2.24, 2.45) is 0 Å². The number of likely N-dealkylation sites (N-methyl/N-ethyl adjacent to an activating group) is 1. The zero-order valence-corrected chi connectivity index (χ0v) is 12.2. The van der Waals surface area contributed by atoms with Crippen molar-refractivity contribution in [3.8, 4) is 0 Å². The van der Waals surface area contributed by atoms with Crippen LogP contribution in [0.1, 0.15) is 12.8 Å². The van der Waals surface area contributed by atoms with Gasteiger partial charge in [-0.2, -0.15) is 4.31 Å². The van der Waals surface area contributed by atoms with Gasteiger partial charge in [-0.15, -0.1) is 0 Å². The van der Waals surface area contributed by atoms with Crippen molar-refractivity contribution < 1.29 is 8.42 Å². The quantitative estimate of drug-likeness (QED) is 0.879. The molecule has 1 atom stereocenters. The van der Waals surface area contributed by atoms with E-state index in [1.807, 2.05) is 7.05 Å². The third-order valence-corrected chi connectivity index (χ3v) is 5.75. The first-order valence-corrected chi connectivity index (χ1v) is 8.17. The number of fused-ring (bicyclic) bond motifs is 1. The third kappa shape index (κ3) is 2.11. The molecule has 2 aromatic heterocycles. The van der Waals surface area contributed by atoms with Crippen LogP contribution in [-0.4, -0.2) is 48.9 Å². The number of nitrogens with one attached hydrogen (secondary N) is 2. The van der Waals surface area contributed by atoms with Gasteiger partial charge in [0.05, 0.1) is 0 Å². The third-order valence-electron chi connectivity index (χ3n) is 3.76. The van der Waals surface area contributed by atoms with Gasteiger partial charge in [-0.05, 0) is 32.0 Å². The highest BCUT2D eigenvalue weighted by Crippen LogP contribution is 2.29. The van der Waals surface area contributed by atoms with Crippen molar-refractivity contribution in [1.82, 2.24) is 19.6 Å². The van der Waals surface area contributed by atoms with Gasteiger partial charge in [0.2, 0.25) is 10.0 Å². The number of pyridine rings is 1. The molecule has 1 aliphatic rings. The van der Waals surface area contributed by atoms with Crippen LogP contribution in [0, 0.1) is 0 Å². The Bertz CT molecular complexity index is 710. The molecule has 20 heavy (non-hydrogen) atoms. The zero-order valence-electron chi connectivity index (χ0n) is 11.3. The van der Waals surface area contributed by atoms with Crippen molar-refractivity contribution in [2.45, 2.75) is 23.8 Å². The highest BCUT2D eigenvalue weighted by Gasteiger charge is 2.36. The standard InChI is InChI=1S/C13H18N4O2S/c1-14-8-10-4-3-7-17(10)20(18,19)12-9-16-13-11(12)5-2-6-15-13/h2,5-6,9-10,14H,3-4,7-8H2,1H3,(H,15,16). The van der Waals surface area contributed by atoms with E-state index < -0.39 is 10.0 Å². The normalized spacial score (nSPS) is 20.8. The van der Waals surface area contributed by atoms with Crippen LogP contribution < -0.4 is 5.32 Å². The minimum Gasteiger partial charge on any atom is -0.345 e. The average Bonchev–Trinajstić information content (AvgIpc) is 3.05. The van der Waals surface area contributed by atoms with E-state index in [9.17, 15) is 8.42 Å². The number of aromatic nitrogens is 2. The highest BCUT2D eigenvalue weighted by atomic mass is 32.2. The SMILES string of the molecule is CNCC1CCCN1S(=O)(=O)c1c[nH]c2ncccc12. The molecule has 0 saturated carbocycles. The Labute approximate surface area is 118 Å². The smallest absolute Gasteiger partial charge is 0.245 e. The molecule has 1 fully saturated rings. The van der Waals surface area contributed by atoms with E-state index in [0.717, 1.165) is 12.8 Å². The van der Waals surface area contributed by atoms with Crippen molar-refractivity contribution >= 4 is 21.1 Å².